The molecule has 1 unspecified atom stereocenters. The highest BCUT2D eigenvalue weighted by Crippen LogP contribution is 2.39. The Kier molecular flexibility index (Phi) is 9.38. The van der Waals surface area contributed by atoms with Crippen LogP contribution >= 0.6 is 0 Å². The van der Waals surface area contributed by atoms with Crippen LogP contribution in [0.4, 0.5) is 31.5 Å². The average Bonchev–Trinajstić information content (AvgIpc) is 3.92. The molecule has 0 aromatic heterocycles. The molecule has 3 aromatic rings. The van der Waals surface area contributed by atoms with E-state index in [1.165, 1.54) is 50.7 Å². The Morgan fingerprint density at radius 3 is 2.23 bits per heavy atom. The fraction of sp³-hybridized carbons (Fsp3) is 0.474. The highest BCUT2D eigenvalue weighted by Gasteiger charge is 2.35. The van der Waals surface area contributed by atoms with E-state index < -0.39 is 17.7 Å². The van der Waals surface area contributed by atoms with Crippen LogP contribution in [0.15, 0.2) is 60.7 Å². The van der Waals surface area contributed by atoms with E-state index in [4.69, 9.17) is 0 Å². The fourth-order valence-corrected chi connectivity index (χ4v) is 7.67. The van der Waals surface area contributed by atoms with E-state index in [2.05, 4.69) is 20.4 Å². The van der Waals surface area contributed by atoms with Crippen molar-refractivity contribution in [1.29, 1.82) is 0 Å². The molecule has 10 heteroatoms. The van der Waals surface area contributed by atoms with Crippen LogP contribution < -0.4 is 20.4 Å². The summed E-state index contributed by atoms with van der Waals surface area (Å²) in [6, 6.07) is 17.0. The second-order valence-corrected chi connectivity index (χ2v) is 14.1. The second-order valence-electron chi connectivity index (χ2n) is 14.1. The number of benzene rings is 3. The highest BCUT2D eigenvalue weighted by atomic mass is 19.1. The van der Waals surface area contributed by atoms with Gasteiger partial charge in [-0.2, -0.15) is 0 Å². The van der Waals surface area contributed by atoms with Gasteiger partial charge < -0.3 is 25.3 Å². The van der Waals surface area contributed by atoms with Crippen LogP contribution in [0.1, 0.15) is 61.4 Å². The molecule has 8 nitrogen and oxygen atoms in total. The van der Waals surface area contributed by atoms with Gasteiger partial charge in [0.2, 0.25) is 5.91 Å². The molecule has 7 rings (SSSR count). The van der Waals surface area contributed by atoms with Crippen molar-refractivity contribution in [2.45, 2.75) is 70.1 Å². The van der Waals surface area contributed by atoms with Crippen molar-refractivity contribution >= 4 is 34.6 Å². The first kappa shape index (κ1) is 32.5. The lowest BCUT2D eigenvalue weighted by molar-refractivity contribution is -0.119. The number of nitrogens with zero attached hydrogens (tertiary/aromatic N) is 4. The molecule has 3 fully saturated rings. The van der Waals surface area contributed by atoms with E-state index in [0.29, 0.717) is 23.0 Å². The zero-order valence-corrected chi connectivity index (χ0v) is 27.9. The lowest BCUT2D eigenvalue weighted by Crippen LogP contribution is -2.52. The number of amides is 2. The van der Waals surface area contributed by atoms with Gasteiger partial charge >= 0.3 is 0 Å². The number of nitrogens with one attached hydrogen (secondary N) is 2. The summed E-state index contributed by atoms with van der Waals surface area (Å²) in [6.07, 6.45) is 7.05. The summed E-state index contributed by atoms with van der Waals surface area (Å²) in [4.78, 5) is 35.0. The lowest BCUT2D eigenvalue weighted by atomic mass is 9.89. The van der Waals surface area contributed by atoms with Gasteiger partial charge in [-0.25, -0.2) is 8.78 Å². The van der Waals surface area contributed by atoms with Crippen molar-refractivity contribution in [2.24, 2.45) is 5.92 Å². The predicted molar refractivity (Wildman–Crippen MR) is 186 cm³/mol. The third-order valence-corrected chi connectivity index (χ3v) is 10.8. The first-order chi connectivity index (χ1) is 23.2. The molecule has 1 atom stereocenters. The molecule has 1 saturated heterocycles. The molecule has 48 heavy (non-hydrogen) atoms. The monoisotopic (exact) mass is 656 g/mol. The van der Waals surface area contributed by atoms with Crippen LogP contribution in [0.2, 0.25) is 0 Å². The molecule has 2 saturated carbocycles. The summed E-state index contributed by atoms with van der Waals surface area (Å²) in [7, 11) is 1.71. The molecule has 2 N–H and O–H groups in total. The van der Waals surface area contributed by atoms with Gasteiger partial charge in [-0.15, -0.1) is 0 Å². The van der Waals surface area contributed by atoms with Crippen LogP contribution in [-0.2, 0) is 11.3 Å². The number of carbonyl (C=O) groups excluding carboxylic acids is 2. The minimum absolute atomic E-state index is 0.0757. The summed E-state index contributed by atoms with van der Waals surface area (Å²) in [5.41, 5.74) is 3.31. The largest absolute Gasteiger partial charge is 0.355 e. The number of fused-ring (bicyclic) bond motifs is 1. The van der Waals surface area contributed by atoms with E-state index >= 15 is 0 Å². The Hall–Kier alpha value is -4.02. The fourth-order valence-electron chi connectivity index (χ4n) is 7.67. The standard InChI is InChI=1S/C38H46F2N6O2/c1-25-38(48)43(2)35-16-13-30(22-36(35)46(25)24-32-33(39)7-4-8-34(32)40)41-29-6-3-5-27(21-29)37(47)42-28-11-14-31(15-12-28)45-19-17-44(18-20-45)23-26-9-10-26/h3-8,13,16,21-22,25-26,28,31,41H,9-12,14-15,17-20,23-24H2,1-2H3,(H,42,47)/t25?,28-,31-. The zero-order valence-electron chi connectivity index (χ0n) is 27.9. The summed E-state index contributed by atoms with van der Waals surface area (Å²) in [5, 5.41) is 6.67. The molecule has 3 aromatic carbocycles. The van der Waals surface area contributed by atoms with Crippen LogP contribution in [0, 0.1) is 17.6 Å². The molecular weight excluding hydrogens is 610 g/mol. The van der Waals surface area contributed by atoms with Gasteiger partial charge in [-0.3, -0.25) is 14.5 Å². The number of anilines is 4. The Morgan fingerprint density at radius 2 is 1.52 bits per heavy atom. The van der Waals surface area contributed by atoms with Gasteiger partial charge in [0.15, 0.2) is 0 Å². The third-order valence-electron chi connectivity index (χ3n) is 10.8. The Labute approximate surface area is 282 Å². The van der Waals surface area contributed by atoms with Gasteiger partial charge in [0.25, 0.3) is 5.91 Å². The van der Waals surface area contributed by atoms with E-state index in [1.54, 1.807) is 23.8 Å². The van der Waals surface area contributed by atoms with E-state index in [1.807, 2.05) is 42.5 Å². The number of rotatable bonds is 9. The van der Waals surface area contributed by atoms with Gasteiger partial charge in [-0.1, -0.05) is 12.1 Å². The van der Waals surface area contributed by atoms with Crippen molar-refractivity contribution in [3.63, 3.8) is 0 Å². The Morgan fingerprint density at radius 1 is 0.833 bits per heavy atom. The van der Waals surface area contributed by atoms with Gasteiger partial charge in [0.05, 0.1) is 11.4 Å². The first-order valence-corrected chi connectivity index (χ1v) is 17.5. The summed E-state index contributed by atoms with van der Waals surface area (Å²) in [6.45, 7) is 7.63. The van der Waals surface area contributed by atoms with Crippen LogP contribution in [0.25, 0.3) is 0 Å². The smallest absolute Gasteiger partial charge is 0.251 e. The summed E-state index contributed by atoms with van der Waals surface area (Å²) >= 11 is 0. The number of likely N-dealkylation sites (N-methyl/N-ethyl adjacent to an activating group) is 1. The van der Waals surface area contributed by atoms with E-state index in [0.717, 1.165) is 56.1 Å². The molecule has 0 spiro atoms. The maximum atomic E-state index is 14.6. The van der Waals surface area contributed by atoms with E-state index in [9.17, 15) is 18.4 Å². The number of hydrogen-bond donors (Lipinski definition) is 2. The molecular formula is C38H46F2N6O2. The van der Waals surface area contributed by atoms with Crippen LogP contribution in [-0.4, -0.2) is 79.5 Å². The number of piperazine rings is 1. The van der Waals surface area contributed by atoms with Crippen molar-refractivity contribution in [3.05, 3.63) is 83.4 Å². The SMILES string of the molecule is CC1C(=O)N(C)c2ccc(Nc3cccc(C(=O)N[C@H]4CC[C@H](N5CCN(CC6CC6)CC5)CC4)c3)cc2N1Cc1c(F)cccc1F. The molecule has 2 amide bonds. The number of halogens is 2. The van der Waals surface area contributed by atoms with Crippen molar-refractivity contribution in [3.8, 4) is 0 Å². The first-order valence-electron chi connectivity index (χ1n) is 17.5. The molecule has 0 bridgehead atoms. The molecule has 2 aliphatic heterocycles. The summed E-state index contributed by atoms with van der Waals surface area (Å²) in [5.74, 6) is -0.579. The highest BCUT2D eigenvalue weighted by molar-refractivity contribution is 6.05. The molecule has 254 valence electrons. The number of carbonyl (C=O) groups is 2. The minimum atomic E-state index is -0.648. The Balaban J connectivity index is 0.978. The second kappa shape index (κ2) is 13.8. The number of hydrogen-bond acceptors (Lipinski definition) is 6. The van der Waals surface area contributed by atoms with Crippen LogP contribution in [0.3, 0.4) is 0 Å². The topological polar surface area (TPSA) is 71.2 Å². The van der Waals surface area contributed by atoms with Crippen molar-refractivity contribution in [1.82, 2.24) is 15.1 Å². The maximum Gasteiger partial charge on any atom is 0.251 e. The lowest BCUT2D eigenvalue weighted by Gasteiger charge is -2.42. The van der Waals surface area contributed by atoms with Crippen molar-refractivity contribution in [2.75, 3.05) is 54.9 Å². The summed E-state index contributed by atoms with van der Waals surface area (Å²) < 4.78 is 29.3. The average molecular weight is 657 g/mol. The van der Waals surface area contributed by atoms with Gasteiger partial charge in [-0.05, 0) is 99.9 Å². The van der Waals surface area contributed by atoms with Crippen molar-refractivity contribution < 1.29 is 18.4 Å². The van der Waals surface area contributed by atoms with Gasteiger partial charge in [0.1, 0.15) is 17.7 Å². The van der Waals surface area contributed by atoms with Crippen LogP contribution in [0.5, 0.6) is 0 Å². The molecule has 2 heterocycles. The van der Waals surface area contributed by atoms with Gasteiger partial charge in [0, 0.05) is 80.9 Å². The molecule has 2 aliphatic carbocycles. The third kappa shape index (κ3) is 7.05. The molecule has 0 radical (unpaired) electrons. The van der Waals surface area contributed by atoms with E-state index in [-0.39, 0.29) is 30.0 Å². The minimum Gasteiger partial charge on any atom is -0.355 e. The quantitative estimate of drug-likeness (QED) is 0.288. The Bertz CT molecular complexity index is 1630. The predicted octanol–water partition coefficient (Wildman–Crippen LogP) is 6.15. The molecule has 4 aliphatic rings. The normalized spacial score (nSPS) is 23.6. The zero-order chi connectivity index (χ0) is 33.4. The maximum absolute atomic E-state index is 14.6.